The van der Waals surface area contributed by atoms with E-state index in [1.807, 2.05) is 6.92 Å². The summed E-state index contributed by atoms with van der Waals surface area (Å²) in [6, 6.07) is 5.22. The first-order valence-corrected chi connectivity index (χ1v) is 7.79. The number of carbonyl (C=O) groups is 2. The van der Waals surface area contributed by atoms with Crippen LogP contribution >= 0.6 is 0 Å². The van der Waals surface area contributed by atoms with E-state index in [2.05, 4.69) is 10.6 Å². The molecule has 1 saturated heterocycles. The summed E-state index contributed by atoms with van der Waals surface area (Å²) in [5, 5.41) is 6.23. The molecule has 0 bridgehead atoms. The Morgan fingerprint density at radius 1 is 1.32 bits per heavy atom. The van der Waals surface area contributed by atoms with Gasteiger partial charge in [-0.2, -0.15) is 0 Å². The van der Waals surface area contributed by atoms with Crippen LogP contribution in [0.5, 0.6) is 0 Å². The van der Waals surface area contributed by atoms with E-state index in [9.17, 15) is 9.59 Å². The van der Waals surface area contributed by atoms with Crippen LogP contribution in [0.25, 0.3) is 0 Å². The first-order valence-electron chi connectivity index (χ1n) is 7.79. The average molecular weight is 304 g/mol. The highest BCUT2D eigenvalue weighted by Gasteiger charge is 2.15. The van der Waals surface area contributed by atoms with Crippen LogP contribution in [0.1, 0.15) is 41.6 Å². The molecular formula is C17H24N2O3. The number of benzene rings is 1. The van der Waals surface area contributed by atoms with Crippen LogP contribution in [0.4, 0.5) is 5.69 Å². The third-order valence-corrected chi connectivity index (χ3v) is 4.15. The number of aryl methyl sites for hydroxylation is 1. The molecule has 5 nitrogen and oxygen atoms in total. The lowest BCUT2D eigenvalue weighted by Gasteiger charge is -2.22. The van der Waals surface area contributed by atoms with Gasteiger partial charge in [-0.3, -0.25) is 4.79 Å². The minimum Gasteiger partial charge on any atom is -0.465 e. The topological polar surface area (TPSA) is 67.4 Å². The normalized spacial score (nSPS) is 15.4. The van der Waals surface area contributed by atoms with E-state index in [4.69, 9.17) is 4.74 Å². The fraction of sp³-hybridized carbons (Fsp3) is 0.529. The highest BCUT2D eigenvalue weighted by Crippen LogP contribution is 2.19. The van der Waals surface area contributed by atoms with Crippen molar-refractivity contribution >= 4 is 17.6 Å². The number of methoxy groups -OCH3 is 1. The lowest BCUT2D eigenvalue weighted by atomic mass is 9.93. The Morgan fingerprint density at radius 2 is 2.05 bits per heavy atom. The van der Waals surface area contributed by atoms with Crippen molar-refractivity contribution in [2.75, 3.05) is 25.5 Å². The molecule has 0 aromatic heterocycles. The number of hydrogen-bond acceptors (Lipinski definition) is 4. The summed E-state index contributed by atoms with van der Waals surface area (Å²) in [5.41, 5.74) is 2.04. The van der Waals surface area contributed by atoms with E-state index >= 15 is 0 Å². The molecule has 1 amide bonds. The number of ether oxygens (including phenoxy) is 1. The highest BCUT2D eigenvalue weighted by atomic mass is 16.5. The molecule has 1 aliphatic rings. The molecular weight excluding hydrogens is 280 g/mol. The molecule has 2 rings (SSSR count). The van der Waals surface area contributed by atoms with E-state index in [0.717, 1.165) is 43.6 Å². The number of anilines is 1. The van der Waals surface area contributed by atoms with Crippen LogP contribution in [-0.4, -0.2) is 32.1 Å². The van der Waals surface area contributed by atoms with Crippen LogP contribution in [0.15, 0.2) is 18.2 Å². The maximum Gasteiger partial charge on any atom is 0.338 e. The maximum atomic E-state index is 12.0. The Morgan fingerprint density at radius 3 is 2.68 bits per heavy atom. The number of hydrogen-bond donors (Lipinski definition) is 2. The second kappa shape index (κ2) is 7.94. The van der Waals surface area contributed by atoms with Crippen LogP contribution in [-0.2, 0) is 9.53 Å². The van der Waals surface area contributed by atoms with Gasteiger partial charge in [0.15, 0.2) is 0 Å². The summed E-state index contributed by atoms with van der Waals surface area (Å²) in [5.74, 6) is 0.320. The monoisotopic (exact) mass is 304 g/mol. The molecule has 1 aromatic carbocycles. The Bertz CT molecular complexity index is 537. The minimum atomic E-state index is -0.360. The van der Waals surface area contributed by atoms with Crippen molar-refractivity contribution in [2.24, 2.45) is 5.92 Å². The van der Waals surface area contributed by atoms with Gasteiger partial charge in [-0.25, -0.2) is 4.79 Å². The van der Waals surface area contributed by atoms with Crippen molar-refractivity contribution in [3.8, 4) is 0 Å². The molecule has 1 aliphatic heterocycles. The van der Waals surface area contributed by atoms with Crippen molar-refractivity contribution in [3.63, 3.8) is 0 Å². The fourth-order valence-corrected chi connectivity index (χ4v) is 2.81. The smallest absolute Gasteiger partial charge is 0.338 e. The van der Waals surface area contributed by atoms with E-state index in [-0.39, 0.29) is 11.9 Å². The number of nitrogens with one attached hydrogen (secondary N) is 2. The standard InChI is InChI=1S/C17H24N2O3/c1-12-11-14(4-5-15(12)17(21)22-2)19-16(20)6-3-13-7-9-18-10-8-13/h4-5,11,13,18H,3,6-10H2,1-2H3,(H,19,20). The zero-order chi connectivity index (χ0) is 15.9. The molecule has 0 saturated carbocycles. The zero-order valence-corrected chi connectivity index (χ0v) is 13.3. The second-order valence-corrected chi connectivity index (χ2v) is 5.80. The van der Waals surface area contributed by atoms with Crippen LogP contribution < -0.4 is 10.6 Å². The largest absolute Gasteiger partial charge is 0.465 e. The van der Waals surface area contributed by atoms with Gasteiger partial charge < -0.3 is 15.4 Å². The predicted octanol–water partition coefficient (Wildman–Crippen LogP) is 2.50. The van der Waals surface area contributed by atoms with Gasteiger partial charge in [0.1, 0.15) is 0 Å². The number of piperidine rings is 1. The molecule has 1 fully saturated rings. The van der Waals surface area contributed by atoms with Crippen LogP contribution in [0.3, 0.4) is 0 Å². The van der Waals surface area contributed by atoms with Crippen molar-refractivity contribution < 1.29 is 14.3 Å². The van der Waals surface area contributed by atoms with Gasteiger partial charge in [0, 0.05) is 12.1 Å². The number of esters is 1. The van der Waals surface area contributed by atoms with E-state index < -0.39 is 0 Å². The van der Waals surface area contributed by atoms with Crippen LogP contribution in [0.2, 0.25) is 0 Å². The summed E-state index contributed by atoms with van der Waals surface area (Å²) < 4.78 is 4.71. The summed E-state index contributed by atoms with van der Waals surface area (Å²) in [4.78, 5) is 23.6. The predicted molar refractivity (Wildman–Crippen MR) is 86.0 cm³/mol. The summed E-state index contributed by atoms with van der Waals surface area (Å²) in [6.45, 7) is 3.94. The number of amides is 1. The number of rotatable bonds is 5. The van der Waals surface area contributed by atoms with E-state index in [1.54, 1.807) is 18.2 Å². The SMILES string of the molecule is COC(=O)c1ccc(NC(=O)CCC2CCNCC2)cc1C. The summed E-state index contributed by atoms with van der Waals surface area (Å²) >= 11 is 0. The first-order chi connectivity index (χ1) is 10.6. The van der Waals surface area contributed by atoms with Gasteiger partial charge in [-0.1, -0.05) is 0 Å². The molecule has 120 valence electrons. The molecule has 5 heteroatoms. The lowest BCUT2D eigenvalue weighted by Crippen LogP contribution is -2.28. The van der Waals surface area contributed by atoms with Gasteiger partial charge in [0.2, 0.25) is 5.91 Å². The van der Waals surface area contributed by atoms with Crippen molar-refractivity contribution in [1.29, 1.82) is 0 Å². The summed E-state index contributed by atoms with van der Waals surface area (Å²) in [6.07, 6.45) is 3.79. The molecule has 0 radical (unpaired) electrons. The Kier molecular flexibility index (Phi) is 5.95. The van der Waals surface area contributed by atoms with Gasteiger partial charge in [-0.05, 0) is 69.0 Å². The average Bonchev–Trinajstić information content (AvgIpc) is 2.53. The first kappa shape index (κ1) is 16.5. The molecule has 0 atom stereocenters. The third-order valence-electron chi connectivity index (χ3n) is 4.15. The minimum absolute atomic E-state index is 0.0313. The van der Waals surface area contributed by atoms with Gasteiger partial charge in [-0.15, -0.1) is 0 Å². The molecule has 0 unspecified atom stereocenters. The van der Waals surface area contributed by atoms with Crippen molar-refractivity contribution in [1.82, 2.24) is 5.32 Å². The van der Waals surface area contributed by atoms with E-state index in [1.165, 1.54) is 7.11 Å². The number of carbonyl (C=O) groups excluding carboxylic acids is 2. The molecule has 0 aliphatic carbocycles. The highest BCUT2D eigenvalue weighted by molar-refractivity contribution is 5.94. The lowest BCUT2D eigenvalue weighted by molar-refractivity contribution is -0.116. The fourth-order valence-electron chi connectivity index (χ4n) is 2.81. The Labute approximate surface area is 131 Å². The molecule has 2 N–H and O–H groups in total. The summed E-state index contributed by atoms with van der Waals surface area (Å²) in [7, 11) is 1.36. The Hall–Kier alpha value is -1.88. The van der Waals surface area contributed by atoms with Crippen molar-refractivity contribution in [2.45, 2.75) is 32.6 Å². The molecule has 22 heavy (non-hydrogen) atoms. The molecule has 0 spiro atoms. The van der Waals surface area contributed by atoms with Crippen LogP contribution in [0, 0.1) is 12.8 Å². The molecule has 1 heterocycles. The second-order valence-electron chi connectivity index (χ2n) is 5.80. The van der Waals surface area contributed by atoms with Crippen molar-refractivity contribution in [3.05, 3.63) is 29.3 Å². The third kappa shape index (κ3) is 4.56. The molecule has 1 aromatic rings. The quantitative estimate of drug-likeness (QED) is 0.820. The van der Waals surface area contributed by atoms with Gasteiger partial charge in [0.05, 0.1) is 12.7 Å². The Balaban J connectivity index is 1.85. The maximum absolute atomic E-state index is 12.0. The van der Waals surface area contributed by atoms with Gasteiger partial charge >= 0.3 is 5.97 Å². The van der Waals surface area contributed by atoms with E-state index in [0.29, 0.717) is 17.9 Å². The van der Waals surface area contributed by atoms with Gasteiger partial charge in [0.25, 0.3) is 0 Å². The zero-order valence-electron chi connectivity index (χ0n) is 13.3.